The summed E-state index contributed by atoms with van der Waals surface area (Å²) in [4.78, 5) is 10.7. The van der Waals surface area contributed by atoms with Gasteiger partial charge in [-0.1, -0.05) is 0 Å². The van der Waals surface area contributed by atoms with Crippen molar-refractivity contribution < 1.29 is 9.90 Å². The van der Waals surface area contributed by atoms with Gasteiger partial charge in [0.1, 0.15) is 0 Å². The number of carboxylic acids is 1. The molecule has 2 fully saturated rings. The van der Waals surface area contributed by atoms with Crippen LogP contribution in [0.25, 0.3) is 0 Å². The van der Waals surface area contributed by atoms with E-state index in [0.29, 0.717) is 18.8 Å². The fraction of sp³-hybridized carbons (Fsp3) is 0.778. The van der Waals surface area contributed by atoms with Crippen LogP contribution in [-0.2, 0) is 4.79 Å². The molecule has 0 radical (unpaired) electrons. The topological polar surface area (TPSA) is 61.1 Å². The maximum atomic E-state index is 10.7. The summed E-state index contributed by atoms with van der Waals surface area (Å²) in [5.41, 5.74) is -1.02. The minimum absolute atomic E-state index is 0.528. The number of hydrogen-bond donors (Lipinski definition) is 1. The van der Waals surface area contributed by atoms with Gasteiger partial charge < -0.3 is 5.11 Å². The van der Waals surface area contributed by atoms with Crippen LogP contribution in [0.15, 0.2) is 0 Å². The second kappa shape index (κ2) is 2.22. The van der Waals surface area contributed by atoms with Gasteiger partial charge in [-0.2, -0.15) is 5.26 Å². The van der Waals surface area contributed by atoms with E-state index in [4.69, 9.17) is 10.4 Å². The number of hydrogen-bond acceptors (Lipinski definition) is 2. The Labute approximate surface area is 71.0 Å². The fourth-order valence-electron chi connectivity index (χ4n) is 2.05. The SMILES string of the molecule is N#CC1(C(=O)O)CC(C2CC2)C1. The molecule has 2 aliphatic carbocycles. The van der Waals surface area contributed by atoms with Gasteiger partial charge in [0, 0.05) is 0 Å². The lowest BCUT2D eigenvalue weighted by atomic mass is 9.61. The van der Waals surface area contributed by atoms with Gasteiger partial charge in [0.2, 0.25) is 0 Å². The summed E-state index contributed by atoms with van der Waals surface area (Å²) >= 11 is 0. The van der Waals surface area contributed by atoms with E-state index in [1.807, 2.05) is 6.07 Å². The van der Waals surface area contributed by atoms with Crippen molar-refractivity contribution in [2.24, 2.45) is 17.3 Å². The number of nitrogens with zero attached hydrogens (tertiary/aromatic N) is 1. The molecule has 0 aromatic carbocycles. The van der Waals surface area contributed by atoms with Crippen LogP contribution in [0, 0.1) is 28.6 Å². The minimum atomic E-state index is -1.02. The summed E-state index contributed by atoms with van der Waals surface area (Å²) in [5, 5.41) is 17.5. The number of nitriles is 1. The van der Waals surface area contributed by atoms with Crippen LogP contribution >= 0.6 is 0 Å². The van der Waals surface area contributed by atoms with Gasteiger partial charge in [0.25, 0.3) is 0 Å². The van der Waals surface area contributed by atoms with Crippen LogP contribution < -0.4 is 0 Å². The van der Waals surface area contributed by atoms with Crippen LogP contribution in [0.4, 0.5) is 0 Å². The first-order valence-electron chi connectivity index (χ1n) is 4.32. The second-order valence-corrected chi connectivity index (χ2v) is 4.00. The number of carbonyl (C=O) groups is 1. The van der Waals surface area contributed by atoms with Crippen molar-refractivity contribution in [2.75, 3.05) is 0 Å². The summed E-state index contributed by atoms with van der Waals surface area (Å²) in [7, 11) is 0. The molecule has 0 bridgehead atoms. The largest absolute Gasteiger partial charge is 0.480 e. The van der Waals surface area contributed by atoms with E-state index in [9.17, 15) is 4.79 Å². The molecule has 0 saturated heterocycles. The molecule has 3 nitrogen and oxygen atoms in total. The zero-order valence-corrected chi connectivity index (χ0v) is 6.79. The standard InChI is InChI=1S/C9H11NO2/c10-5-9(8(11)12)3-7(4-9)6-1-2-6/h6-7H,1-4H2,(H,11,12). The third-order valence-corrected chi connectivity index (χ3v) is 3.13. The normalized spacial score (nSPS) is 39.8. The summed E-state index contributed by atoms with van der Waals surface area (Å²) in [6.07, 6.45) is 3.66. The Morgan fingerprint density at radius 3 is 2.33 bits per heavy atom. The highest BCUT2D eigenvalue weighted by atomic mass is 16.4. The first kappa shape index (κ1) is 7.60. The Morgan fingerprint density at radius 2 is 2.00 bits per heavy atom. The van der Waals surface area contributed by atoms with Gasteiger partial charge in [0.05, 0.1) is 6.07 Å². The first-order chi connectivity index (χ1) is 5.68. The van der Waals surface area contributed by atoms with Gasteiger partial charge >= 0.3 is 5.97 Å². The van der Waals surface area contributed by atoms with Crippen LogP contribution in [-0.4, -0.2) is 11.1 Å². The lowest BCUT2D eigenvalue weighted by Gasteiger charge is -2.39. The molecule has 0 heterocycles. The molecule has 0 aliphatic heterocycles. The van der Waals surface area contributed by atoms with Gasteiger partial charge in [-0.3, -0.25) is 4.79 Å². The first-order valence-corrected chi connectivity index (χ1v) is 4.32. The van der Waals surface area contributed by atoms with Crippen LogP contribution in [0.1, 0.15) is 25.7 Å². The van der Waals surface area contributed by atoms with E-state index >= 15 is 0 Å². The molecule has 0 amide bonds. The molecule has 1 N–H and O–H groups in total. The molecule has 2 aliphatic rings. The molecule has 64 valence electrons. The van der Waals surface area contributed by atoms with Gasteiger partial charge in [0.15, 0.2) is 5.41 Å². The van der Waals surface area contributed by atoms with Crippen LogP contribution in [0.5, 0.6) is 0 Å². The summed E-state index contributed by atoms with van der Waals surface area (Å²) in [6, 6.07) is 1.93. The zero-order valence-electron chi connectivity index (χ0n) is 6.79. The molecule has 0 aromatic heterocycles. The smallest absolute Gasteiger partial charge is 0.324 e. The average molecular weight is 165 g/mol. The molecule has 0 atom stereocenters. The van der Waals surface area contributed by atoms with Crippen LogP contribution in [0.2, 0.25) is 0 Å². The minimum Gasteiger partial charge on any atom is -0.480 e. The van der Waals surface area contributed by atoms with Crippen LogP contribution in [0.3, 0.4) is 0 Å². The fourth-order valence-corrected chi connectivity index (χ4v) is 2.05. The van der Waals surface area contributed by atoms with Crippen molar-refractivity contribution in [1.29, 1.82) is 5.26 Å². The summed E-state index contributed by atoms with van der Waals surface area (Å²) in [5.74, 6) is 0.341. The Bertz CT molecular complexity index is 256. The van der Waals surface area contributed by atoms with Crippen molar-refractivity contribution in [3.8, 4) is 6.07 Å². The molecular weight excluding hydrogens is 154 g/mol. The third kappa shape index (κ3) is 0.911. The zero-order chi connectivity index (χ0) is 8.77. The summed E-state index contributed by atoms with van der Waals surface area (Å²) < 4.78 is 0. The summed E-state index contributed by atoms with van der Waals surface area (Å²) in [6.45, 7) is 0. The Balaban J connectivity index is 1.99. The van der Waals surface area contributed by atoms with Crippen molar-refractivity contribution in [2.45, 2.75) is 25.7 Å². The monoisotopic (exact) mass is 165 g/mol. The predicted molar refractivity (Wildman–Crippen MR) is 41.1 cm³/mol. The van der Waals surface area contributed by atoms with E-state index in [1.54, 1.807) is 0 Å². The van der Waals surface area contributed by atoms with E-state index in [0.717, 1.165) is 5.92 Å². The Hall–Kier alpha value is -1.04. The highest BCUT2D eigenvalue weighted by molar-refractivity contribution is 5.79. The van der Waals surface area contributed by atoms with Crippen molar-refractivity contribution in [1.82, 2.24) is 0 Å². The third-order valence-electron chi connectivity index (χ3n) is 3.13. The molecule has 0 spiro atoms. The lowest BCUT2D eigenvalue weighted by Crippen LogP contribution is -2.43. The molecule has 0 unspecified atom stereocenters. The molecule has 12 heavy (non-hydrogen) atoms. The molecule has 2 rings (SSSR count). The van der Waals surface area contributed by atoms with Crippen molar-refractivity contribution in [3.63, 3.8) is 0 Å². The van der Waals surface area contributed by atoms with E-state index in [1.165, 1.54) is 12.8 Å². The highest BCUT2D eigenvalue weighted by Gasteiger charge is 2.55. The molecule has 0 aromatic rings. The van der Waals surface area contributed by atoms with Gasteiger partial charge in [-0.25, -0.2) is 0 Å². The highest BCUT2D eigenvalue weighted by Crippen LogP contribution is 2.55. The lowest BCUT2D eigenvalue weighted by molar-refractivity contribution is -0.152. The maximum Gasteiger partial charge on any atom is 0.324 e. The van der Waals surface area contributed by atoms with E-state index < -0.39 is 11.4 Å². The predicted octanol–water partition coefficient (Wildman–Crippen LogP) is 1.40. The molecule has 2 saturated carbocycles. The van der Waals surface area contributed by atoms with Gasteiger partial charge in [-0.05, 0) is 37.5 Å². The Morgan fingerprint density at radius 1 is 1.42 bits per heavy atom. The van der Waals surface area contributed by atoms with Crippen molar-refractivity contribution >= 4 is 5.97 Å². The van der Waals surface area contributed by atoms with Crippen molar-refractivity contribution in [3.05, 3.63) is 0 Å². The van der Waals surface area contributed by atoms with E-state index in [-0.39, 0.29) is 0 Å². The molecule has 3 heteroatoms. The number of rotatable bonds is 2. The maximum absolute atomic E-state index is 10.7. The quantitative estimate of drug-likeness (QED) is 0.672. The molecular formula is C9H11NO2. The number of aliphatic carboxylic acids is 1. The average Bonchev–Trinajstić information content (AvgIpc) is 2.68. The van der Waals surface area contributed by atoms with Gasteiger partial charge in [-0.15, -0.1) is 0 Å². The Kier molecular flexibility index (Phi) is 1.41. The second-order valence-electron chi connectivity index (χ2n) is 4.00. The van der Waals surface area contributed by atoms with E-state index in [2.05, 4.69) is 0 Å². The number of carboxylic acid groups (broad SMARTS) is 1.